The van der Waals surface area contributed by atoms with Crippen molar-refractivity contribution in [3.05, 3.63) is 64.1 Å². The quantitative estimate of drug-likeness (QED) is 0.833. The van der Waals surface area contributed by atoms with Crippen molar-refractivity contribution in [2.24, 2.45) is 0 Å². The van der Waals surface area contributed by atoms with E-state index in [1.54, 1.807) is 42.6 Å². The van der Waals surface area contributed by atoms with Gasteiger partial charge in [-0.1, -0.05) is 18.2 Å². The summed E-state index contributed by atoms with van der Waals surface area (Å²) in [5.41, 5.74) is 0.706. The van der Waals surface area contributed by atoms with Gasteiger partial charge in [0.2, 0.25) is 0 Å². The number of pyridine rings is 1. The molecule has 2 aromatic rings. The molecule has 1 N–H and O–H groups in total. The second-order valence-corrected chi connectivity index (χ2v) is 3.82. The van der Waals surface area contributed by atoms with E-state index < -0.39 is 0 Å². The first-order valence-electron chi connectivity index (χ1n) is 5.55. The van der Waals surface area contributed by atoms with Crippen LogP contribution in [0.15, 0.2) is 47.4 Å². The monoisotopic (exact) mass is 243 g/mol. The number of para-hydroxylation sites is 1. The highest BCUT2D eigenvalue weighted by atomic mass is 16.5. The Morgan fingerprint density at radius 2 is 2.00 bits per heavy atom. The van der Waals surface area contributed by atoms with Gasteiger partial charge in [0.25, 0.3) is 5.56 Å². The van der Waals surface area contributed by atoms with Crippen LogP contribution in [0.1, 0.15) is 15.9 Å². The number of hydrogen-bond donors (Lipinski definition) is 1. The number of Topliss-reactive ketones (excluding diaryl/α,β-unsaturated/α-hetero) is 1. The summed E-state index contributed by atoms with van der Waals surface area (Å²) < 4.78 is 5.13. The Balaban J connectivity index is 2.28. The maximum Gasteiger partial charge on any atom is 0.251 e. The topological polar surface area (TPSA) is 59.2 Å². The third kappa shape index (κ3) is 2.48. The second-order valence-electron chi connectivity index (χ2n) is 3.82. The zero-order valence-electron chi connectivity index (χ0n) is 9.97. The Bertz CT molecular complexity index is 616. The molecule has 0 atom stereocenters. The molecule has 0 spiro atoms. The van der Waals surface area contributed by atoms with E-state index in [2.05, 4.69) is 4.98 Å². The lowest BCUT2D eigenvalue weighted by Gasteiger charge is -2.06. The molecule has 0 aliphatic rings. The molecule has 0 bridgehead atoms. The van der Waals surface area contributed by atoms with Crippen LogP contribution in [0.4, 0.5) is 0 Å². The average Bonchev–Trinajstić information content (AvgIpc) is 2.41. The Kier molecular flexibility index (Phi) is 3.57. The normalized spacial score (nSPS) is 10.1. The van der Waals surface area contributed by atoms with Crippen LogP contribution in [0.2, 0.25) is 0 Å². The van der Waals surface area contributed by atoms with Crippen molar-refractivity contribution in [3.63, 3.8) is 0 Å². The highest BCUT2D eigenvalue weighted by molar-refractivity contribution is 5.99. The van der Waals surface area contributed by atoms with Crippen LogP contribution in [-0.2, 0) is 6.42 Å². The molecule has 1 heterocycles. The standard InChI is InChI=1S/C14H13NO3/c1-18-13-7-3-2-6-11(13)12(16)9-10-5-4-8-15-14(10)17/h2-8H,9H2,1H3,(H,15,17). The van der Waals surface area contributed by atoms with E-state index in [9.17, 15) is 9.59 Å². The Morgan fingerprint density at radius 1 is 1.22 bits per heavy atom. The zero-order valence-corrected chi connectivity index (χ0v) is 9.97. The minimum atomic E-state index is -0.235. The van der Waals surface area contributed by atoms with E-state index in [4.69, 9.17) is 4.74 Å². The number of hydrogen-bond acceptors (Lipinski definition) is 3. The summed E-state index contributed by atoms with van der Waals surface area (Å²) in [5, 5.41) is 0. The van der Waals surface area contributed by atoms with Gasteiger partial charge in [0.05, 0.1) is 12.7 Å². The van der Waals surface area contributed by atoms with Gasteiger partial charge in [-0.15, -0.1) is 0 Å². The highest BCUT2D eigenvalue weighted by Crippen LogP contribution is 2.18. The Hall–Kier alpha value is -2.36. The third-order valence-corrected chi connectivity index (χ3v) is 2.66. The molecule has 0 unspecified atom stereocenters. The lowest BCUT2D eigenvalue weighted by atomic mass is 10.0. The summed E-state index contributed by atoms with van der Waals surface area (Å²) in [6.07, 6.45) is 1.61. The molecule has 1 aromatic carbocycles. The van der Waals surface area contributed by atoms with Gasteiger partial charge in [-0.25, -0.2) is 0 Å². The van der Waals surface area contributed by atoms with Crippen LogP contribution in [0.3, 0.4) is 0 Å². The number of ether oxygens (including phenoxy) is 1. The first-order chi connectivity index (χ1) is 8.72. The number of nitrogens with one attached hydrogen (secondary N) is 1. The molecule has 0 saturated carbocycles. The summed E-state index contributed by atoms with van der Waals surface area (Å²) in [4.78, 5) is 26.2. The predicted molar refractivity (Wildman–Crippen MR) is 68.1 cm³/mol. The van der Waals surface area contributed by atoms with Gasteiger partial charge in [-0.2, -0.15) is 0 Å². The Labute approximate surface area is 104 Å². The number of aromatic nitrogens is 1. The molecule has 0 amide bonds. The lowest BCUT2D eigenvalue weighted by molar-refractivity contribution is 0.0989. The Morgan fingerprint density at radius 3 is 2.72 bits per heavy atom. The van der Waals surface area contributed by atoms with Gasteiger partial charge < -0.3 is 9.72 Å². The summed E-state index contributed by atoms with van der Waals surface area (Å²) in [5.74, 6) is 0.388. The van der Waals surface area contributed by atoms with Crippen LogP contribution < -0.4 is 10.3 Å². The zero-order chi connectivity index (χ0) is 13.0. The second kappa shape index (κ2) is 5.31. The SMILES string of the molecule is COc1ccccc1C(=O)Cc1ccc[nH]c1=O. The predicted octanol–water partition coefficient (Wildman–Crippen LogP) is 1.81. The first kappa shape index (κ1) is 12.1. The average molecular weight is 243 g/mol. The number of H-pyrrole nitrogens is 1. The molecular formula is C14H13NO3. The van der Waals surface area contributed by atoms with Crippen LogP contribution in [0.25, 0.3) is 0 Å². The number of methoxy groups -OCH3 is 1. The number of carbonyl (C=O) groups is 1. The first-order valence-corrected chi connectivity index (χ1v) is 5.55. The van der Waals surface area contributed by atoms with Gasteiger partial charge in [0, 0.05) is 18.2 Å². The number of carbonyl (C=O) groups excluding carboxylic acids is 1. The summed E-state index contributed by atoms with van der Waals surface area (Å²) >= 11 is 0. The minimum absolute atomic E-state index is 0.0660. The molecule has 0 aliphatic carbocycles. The van der Waals surface area contributed by atoms with Gasteiger partial charge in [-0.05, 0) is 18.2 Å². The molecule has 1 aromatic heterocycles. The van der Waals surface area contributed by atoms with Crippen LogP contribution in [0, 0.1) is 0 Å². The summed E-state index contributed by atoms with van der Waals surface area (Å²) in [6, 6.07) is 10.3. The molecule has 4 heteroatoms. The minimum Gasteiger partial charge on any atom is -0.496 e. The lowest BCUT2D eigenvalue weighted by Crippen LogP contribution is -2.16. The molecular weight excluding hydrogens is 230 g/mol. The van der Waals surface area contributed by atoms with Crippen molar-refractivity contribution < 1.29 is 9.53 Å². The molecule has 4 nitrogen and oxygen atoms in total. The highest BCUT2D eigenvalue weighted by Gasteiger charge is 2.13. The smallest absolute Gasteiger partial charge is 0.251 e. The van der Waals surface area contributed by atoms with E-state index in [1.807, 2.05) is 0 Å². The van der Waals surface area contributed by atoms with Crippen molar-refractivity contribution in [1.82, 2.24) is 4.98 Å². The van der Waals surface area contributed by atoms with Crippen LogP contribution in [0.5, 0.6) is 5.75 Å². The fraction of sp³-hybridized carbons (Fsp3) is 0.143. The summed E-state index contributed by atoms with van der Waals surface area (Å²) in [6.45, 7) is 0. The fourth-order valence-corrected chi connectivity index (χ4v) is 1.74. The van der Waals surface area contributed by atoms with E-state index in [-0.39, 0.29) is 17.8 Å². The van der Waals surface area contributed by atoms with Gasteiger partial charge in [-0.3, -0.25) is 9.59 Å². The largest absolute Gasteiger partial charge is 0.496 e. The molecule has 0 aliphatic heterocycles. The third-order valence-electron chi connectivity index (χ3n) is 2.66. The van der Waals surface area contributed by atoms with Gasteiger partial charge in [0.15, 0.2) is 5.78 Å². The number of aromatic amines is 1. The molecule has 0 radical (unpaired) electrons. The van der Waals surface area contributed by atoms with Crippen molar-refractivity contribution in [3.8, 4) is 5.75 Å². The number of benzene rings is 1. The van der Waals surface area contributed by atoms with E-state index >= 15 is 0 Å². The number of ketones is 1. The maximum absolute atomic E-state index is 12.1. The van der Waals surface area contributed by atoms with E-state index in [0.29, 0.717) is 16.9 Å². The van der Waals surface area contributed by atoms with Crippen LogP contribution >= 0.6 is 0 Å². The van der Waals surface area contributed by atoms with E-state index in [1.165, 1.54) is 7.11 Å². The number of rotatable bonds is 4. The fourth-order valence-electron chi connectivity index (χ4n) is 1.74. The van der Waals surface area contributed by atoms with E-state index in [0.717, 1.165) is 0 Å². The summed E-state index contributed by atoms with van der Waals surface area (Å²) in [7, 11) is 1.52. The van der Waals surface area contributed by atoms with Crippen molar-refractivity contribution in [2.45, 2.75) is 6.42 Å². The maximum atomic E-state index is 12.1. The van der Waals surface area contributed by atoms with Crippen LogP contribution in [-0.4, -0.2) is 17.9 Å². The van der Waals surface area contributed by atoms with Crippen molar-refractivity contribution >= 4 is 5.78 Å². The van der Waals surface area contributed by atoms with Gasteiger partial charge >= 0.3 is 0 Å². The molecule has 0 saturated heterocycles. The molecule has 18 heavy (non-hydrogen) atoms. The van der Waals surface area contributed by atoms with Gasteiger partial charge in [0.1, 0.15) is 5.75 Å². The molecule has 92 valence electrons. The van der Waals surface area contributed by atoms with Crippen molar-refractivity contribution in [2.75, 3.05) is 7.11 Å². The molecule has 0 fully saturated rings. The van der Waals surface area contributed by atoms with Crippen molar-refractivity contribution in [1.29, 1.82) is 0 Å². The molecule has 2 rings (SSSR count).